The molecule has 1 heterocycles. The number of carbonyl (C=O) groups excluding carboxylic acids is 1. The van der Waals surface area contributed by atoms with Crippen LogP contribution >= 0.6 is 0 Å². The van der Waals surface area contributed by atoms with Gasteiger partial charge in [-0.3, -0.25) is 4.79 Å². The largest absolute Gasteiger partial charge is 0.493 e. The van der Waals surface area contributed by atoms with Gasteiger partial charge in [0.2, 0.25) is 0 Å². The molecule has 0 saturated carbocycles. The van der Waals surface area contributed by atoms with Crippen molar-refractivity contribution in [2.24, 2.45) is 0 Å². The van der Waals surface area contributed by atoms with Gasteiger partial charge in [-0.2, -0.15) is 0 Å². The number of carbonyl (C=O) groups is 1. The first-order valence-electron chi connectivity index (χ1n) is 6.62. The molecule has 1 aromatic carbocycles. The van der Waals surface area contributed by atoms with Crippen LogP contribution in [0.2, 0.25) is 0 Å². The van der Waals surface area contributed by atoms with Gasteiger partial charge in [-0.1, -0.05) is 0 Å². The third-order valence-corrected chi connectivity index (χ3v) is 3.13. The van der Waals surface area contributed by atoms with Crippen molar-refractivity contribution < 1.29 is 19.0 Å². The van der Waals surface area contributed by atoms with E-state index in [-0.39, 0.29) is 18.6 Å². The fraction of sp³-hybridized carbons (Fsp3) is 0.500. The van der Waals surface area contributed by atoms with E-state index in [1.165, 1.54) is 7.11 Å². The van der Waals surface area contributed by atoms with Crippen LogP contribution in [-0.4, -0.2) is 38.9 Å². The zero-order chi connectivity index (χ0) is 14.4. The highest BCUT2D eigenvalue weighted by Gasteiger charge is 2.16. The van der Waals surface area contributed by atoms with Gasteiger partial charge in [-0.15, -0.1) is 0 Å². The van der Waals surface area contributed by atoms with Gasteiger partial charge in [-0.25, -0.2) is 0 Å². The van der Waals surface area contributed by atoms with Crippen LogP contribution in [0.4, 0.5) is 5.69 Å². The predicted molar refractivity (Wildman–Crippen MR) is 74.9 cm³/mol. The van der Waals surface area contributed by atoms with Gasteiger partial charge in [0.05, 0.1) is 7.11 Å². The Balaban J connectivity index is 1.83. The predicted octanol–water partition coefficient (Wildman–Crippen LogP) is 0.951. The smallest absolute Gasteiger partial charge is 0.258 e. The molecule has 0 radical (unpaired) electrons. The highest BCUT2D eigenvalue weighted by molar-refractivity contribution is 5.78. The molecule has 1 aromatic rings. The van der Waals surface area contributed by atoms with Crippen LogP contribution in [0.1, 0.15) is 12.8 Å². The van der Waals surface area contributed by atoms with Gasteiger partial charge < -0.3 is 25.3 Å². The number of methoxy groups -OCH3 is 1. The second-order valence-electron chi connectivity index (χ2n) is 4.65. The number of hydrogen-bond donors (Lipinski definition) is 2. The van der Waals surface area contributed by atoms with E-state index in [0.717, 1.165) is 12.8 Å². The van der Waals surface area contributed by atoms with Gasteiger partial charge >= 0.3 is 0 Å². The molecule has 6 heteroatoms. The summed E-state index contributed by atoms with van der Waals surface area (Å²) in [5.74, 6) is 0.878. The first-order chi connectivity index (χ1) is 9.69. The molecule has 1 aliphatic heterocycles. The summed E-state index contributed by atoms with van der Waals surface area (Å²) in [4.78, 5) is 11.8. The molecule has 0 aromatic heterocycles. The Labute approximate surface area is 118 Å². The summed E-state index contributed by atoms with van der Waals surface area (Å²) < 4.78 is 15.9. The maximum atomic E-state index is 11.8. The molecule has 1 fully saturated rings. The topological polar surface area (TPSA) is 82.8 Å². The summed E-state index contributed by atoms with van der Waals surface area (Å²) >= 11 is 0. The van der Waals surface area contributed by atoms with Crippen molar-refractivity contribution in [3.05, 3.63) is 18.2 Å². The number of hydrogen-bond acceptors (Lipinski definition) is 5. The van der Waals surface area contributed by atoms with Crippen LogP contribution in [0.15, 0.2) is 18.2 Å². The van der Waals surface area contributed by atoms with Crippen LogP contribution in [0.3, 0.4) is 0 Å². The number of ether oxygens (including phenoxy) is 3. The molecular weight excluding hydrogens is 260 g/mol. The van der Waals surface area contributed by atoms with Gasteiger partial charge in [-0.05, 0) is 25.0 Å². The Morgan fingerprint density at radius 1 is 1.40 bits per heavy atom. The van der Waals surface area contributed by atoms with Crippen molar-refractivity contribution in [1.29, 1.82) is 0 Å². The Kier molecular flexibility index (Phi) is 5.06. The van der Waals surface area contributed by atoms with E-state index in [1.807, 2.05) is 0 Å². The minimum atomic E-state index is -0.143. The molecule has 20 heavy (non-hydrogen) atoms. The summed E-state index contributed by atoms with van der Waals surface area (Å²) in [7, 11) is 1.53. The number of nitrogens with one attached hydrogen (secondary N) is 1. The van der Waals surface area contributed by atoms with Gasteiger partial charge in [0.15, 0.2) is 18.1 Å². The van der Waals surface area contributed by atoms with E-state index in [4.69, 9.17) is 19.9 Å². The third-order valence-electron chi connectivity index (χ3n) is 3.13. The fourth-order valence-corrected chi connectivity index (χ4v) is 2.06. The van der Waals surface area contributed by atoms with Crippen molar-refractivity contribution >= 4 is 11.6 Å². The number of anilines is 1. The van der Waals surface area contributed by atoms with Crippen LogP contribution < -0.4 is 20.5 Å². The molecule has 6 nitrogen and oxygen atoms in total. The lowest BCUT2D eigenvalue weighted by Crippen LogP contribution is -2.41. The highest BCUT2D eigenvalue weighted by Crippen LogP contribution is 2.28. The minimum absolute atomic E-state index is 0.0440. The molecule has 0 spiro atoms. The lowest BCUT2D eigenvalue weighted by molar-refractivity contribution is -0.124. The summed E-state index contributed by atoms with van der Waals surface area (Å²) in [5.41, 5.74) is 6.24. The molecule has 0 aliphatic carbocycles. The second-order valence-corrected chi connectivity index (χ2v) is 4.65. The van der Waals surface area contributed by atoms with Crippen LogP contribution in [0, 0.1) is 0 Å². The van der Waals surface area contributed by atoms with Crippen LogP contribution in [0.25, 0.3) is 0 Å². The van der Waals surface area contributed by atoms with Crippen molar-refractivity contribution in [2.75, 3.05) is 32.7 Å². The monoisotopic (exact) mass is 280 g/mol. The van der Waals surface area contributed by atoms with Crippen molar-refractivity contribution in [2.45, 2.75) is 18.9 Å². The molecule has 1 aliphatic rings. The van der Waals surface area contributed by atoms with E-state index in [1.54, 1.807) is 18.2 Å². The number of amides is 1. The third kappa shape index (κ3) is 4.03. The van der Waals surface area contributed by atoms with E-state index in [9.17, 15) is 4.79 Å². The summed E-state index contributed by atoms with van der Waals surface area (Å²) in [6.45, 7) is 1.34. The Morgan fingerprint density at radius 2 is 2.15 bits per heavy atom. The molecule has 0 unspecified atom stereocenters. The van der Waals surface area contributed by atoms with Crippen molar-refractivity contribution in [1.82, 2.24) is 5.32 Å². The number of nitrogens with two attached hydrogens (primary N) is 1. The van der Waals surface area contributed by atoms with E-state index in [0.29, 0.717) is 30.4 Å². The number of nitrogen functional groups attached to an aromatic ring is 1. The van der Waals surface area contributed by atoms with E-state index >= 15 is 0 Å². The number of benzene rings is 1. The Hall–Kier alpha value is -1.95. The van der Waals surface area contributed by atoms with Gasteiger partial charge in [0.25, 0.3) is 5.91 Å². The first-order valence-corrected chi connectivity index (χ1v) is 6.62. The van der Waals surface area contributed by atoms with Crippen LogP contribution in [0.5, 0.6) is 11.5 Å². The molecule has 1 amide bonds. The molecule has 0 bridgehead atoms. The summed E-state index contributed by atoms with van der Waals surface area (Å²) in [5, 5.41) is 2.93. The van der Waals surface area contributed by atoms with Gasteiger partial charge in [0, 0.05) is 31.0 Å². The number of rotatable bonds is 5. The standard InChI is InChI=1S/C14H20N2O4/c1-18-13-8-10(15)2-3-12(13)20-9-14(17)16-11-4-6-19-7-5-11/h2-3,8,11H,4-7,9,15H2,1H3,(H,16,17). The van der Waals surface area contributed by atoms with E-state index < -0.39 is 0 Å². The normalized spacial score (nSPS) is 15.7. The lowest BCUT2D eigenvalue weighted by Gasteiger charge is -2.23. The minimum Gasteiger partial charge on any atom is -0.493 e. The van der Waals surface area contributed by atoms with Crippen molar-refractivity contribution in [3.63, 3.8) is 0 Å². The van der Waals surface area contributed by atoms with Gasteiger partial charge in [0.1, 0.15) is 0 Å². The SMILES string of the molecule is COc1cc(N)ccc1OCC(=O)NC1CCOCC1. The zero-order valence-corrected chi connectivity index (χ0v) is 11.6. The maximum absolute atomic E-state index is 11.8. The second kappa shape index (κ2) is 7.00. The molecule has 0 atom stereocenters. The molecule has 2 rings (SSSR count). The molecule has 110 valence electrons. The Morgan fingerprint density at radius 3 is 2.85 bits per heavy atom. The quantitative estimate of drug-likeness (QED) is 0.785. The fourth-order valence-electron chi connectivity index (χ4n) is 2.06. The lowest BCUT2D eigenvalue weighted by atomic mass is 10.1. The first kappa shape index (κ1) is 14.5. The van der Waals surface area contributed by atoms with Crippen LogP contribution in [-0.2, 0) is 9.53 Å². The summed E-state index contributed by atoms with van der Waals surface area (Å²) in [6.07, 6.45) is 1.69. The van der Waals surface area contributed by atoms with E-state index in [2.05, 4.69) is 5.32 Å². The highest BCUT2D eigenvalue weighted by atomic mass is 16.5. The zero-order valence-electron chi connectivity index (χ0n) is 11.6. The average Bonchev–Trinajstić information content (AvgIpc) is 2.47. The summed E-state index contributed by atoms with van der Waals surface area (Å²) in [6, 6.07) is 5.23. The van der Waals surface area contributed by atoms with Crippen molar-refractivity contribution in [3.8, 4) is 11.5 Å². The molecule has 1 saturated heterocycles. The molecule has 3 N–H and O–H groups in total. The maximum Gasteiger partial charge on any atom is 0.258 e. The average molecular weight is 280 g/mol. The Bertz CT molecular complexity index is 458. The molecular formula is C14H20N2O4.